The second-order valence-corrected chi connectivity index (χ2v) is 3.60. The van der Waals surface area contributed by atoms with E-state index in [0.29, 0.717) is 25.5 Å². The molecule has 19 heavy (non-hydrogen) atoms. The van der Waals surface area contributed by atoms with Crippen molar-refractivity contribution >= 4 is 11.5 Å². The monoisotopic (exact) mass is 265 g/mol. The van der Waals surface area contributed by atoms with E-state index in [9.17, 15) is 10.1 Å². The van der Waals surface area contributed by atoms with Crippen LogP contribution in [0, 0.1) is 21.4 Å². The van der Waals surface area contributed by atoms with Gasteiger partial charge in [-0.1, -0.05) is 0 Å². The van der Waals surface area contributed by atoms with Crippen LogP contribution in [0.1, 0.15) is 5.69 Å². The van der Waals surface area contributed by atoms with Crippen molar-refractivity contribution < 1.29 is 9.66 Å². The van der Waals surface area contributed by atoms with Gasteiger partial charge in [0.05, 0.1) is 11.5 Å². The Morgan fingerprint density at radius 3 is 2.89 bits per heavy atom. The Kier molecular flexibility index (Phi) is 6.21. The summed E-state index contributed by atoms with van der Waals surface area (Å²) in [6.45, 7) is 2.67. The van der Waals surface area contributed by atoms with Gasteiger partial charge >= 0.3 is 5.69 Å². The summed E-state index contributed by atoms with van der Waals surface area (Å²) in [6.07, 6.45) is 0. The van der Waals surface area contributed by atoms with Crippen molar-refractivity contribution in [3.63, 3.8) is 0 Å². The molecule has 2 N–H and O–H groups in total. The Morgan fingerprint density at radius 2 is 2.26 bits per heavy atom. The first-order valence-corrected chi connectivity index (χ1v) is 5.68. The third-order valence-electron chi connectivity index (χ3n) is 2.27. The van der Waals surface area contributed by atoms with Crippen molar-refractivity contribution in [1.82, 2.24) is 10.3 Å². The molecule has 1 heterocycles. The first-order valence-electron chi connectivity index (χ1n) is 5.68. The Morgan fingerprint density at radius 1 is 1.47 bits per heavy atom. The molecule has 0 radical (unpaired) electrons. The van der Waals surface area contributed by atoms with Crippen molar-refractivity contribution in [2.24, 2.45) is 0 Å². The lowest BCUT2D eigenvalue weighted by atomic mass is 10.3. The van der Waals surface area contributed by atoms with Gasteiger partial charge in [0.2, 0.25) is 5.69 Å². The summed E-state index contributed by atoms with van der Waals surface area (Å²) in [6, 6.07) is 4.46. The molecule has 0 aliphatic heterocycles. The molecule has 0 unspecified atom stereocenters. The van der Waals surface area contributed by atoms with E-state index < -0.39 is 4.92 Å². The van der Waals surface area contributed by atoms with Gasteiger partial charge in [0.15, 0.2) is 0 Å². The highest BCUT2D eigenvalue weighted by molar-refractivity contribution is 5.50. The van der Waals surface area contributed by atoms with Gasteiger partial charge < -0.3 is 15.4 Å². The maximum atomic E-state index is 10.6. The number of aromatic nitrogens is 1. The SMILES string of the molecule is COCCNCCNc1ccc([N+](=O)[O-])c(C#N)n1. The largest absolute Gasteiger partial charge is 0.383 e. The zero-order chi connectivity index (χ0) is 14.1. The molecular formula is C11H15N5O3. The number of pyridine rings is 1. The number of nitro groups is 1. The number of nitrogens with one attached hydrogen (secondary N) is 2. The predicted molar refractivity (Wildman–Crippen MR) is 68.8 cm³/mol. The lowest BCUT2D eigenvalue weighted by Crippen LogP contribution is -2.25. The van der Waals surface area contributed by atoms with Gasteiger partial charge in [-0.3, -0.25) is 10.1 Å². The number of ether oxygens (including phenoxy) is 1. The molecule has 1 aromatic heterocycles. The average molecular weight is 265 g/mol. The number of hydrogen-bond donors (Lipinski definition) is 2. The minimum atomic E-state index is -0.623. The number of rotatable bonds is 8. The standard InChI is InChI=1S/C11H15N5O3/c1-19-7-6-13-4-5-14-11-3-2-10(16(17)18)9(8-12)15-11/h2-3,13H,4-7H2,1H3,(H,14,15). The van der Waals surface area contributed by atoms with Crippen LogP contribution in [0.4, 0.5) is 11.5 Å². The lowest BCUT2D eigenvalue weighted by Gasteiger charge is -2.07. The molecule has 8 heteroatoms. The highest BCUT2D eigenvalue weighted by Crippen LogP contribution is 2.17. The smallest absolute Gasteiger partial charge is 0.305 e. The maximum absolute atomic E-state index is 10.6. The summed E-state index contributed by atoms with van der Waals surface area (Å²) in [5.74, 6) is 0.440. The normalized spacial score (nSPS) is 9.89. The van der Waals surface area contributed by atoms with Gasteiger partial charge in [0, 0.05) is 32.8 Å². The lowest BCUT2D eigenvalue weighted by molar-refractivity contribution is -0.385. The van der Waals surface area contributed by atoms with Crippen LogP contribution in [-0.2, 0) is 4.74 Å². The van der Waals surface area contributed by atoms with Gasteiger partial charge in [-0.25, -0.2) is 4.98 Å². The predicted octanol–water partition coefficient (Wildman–Crippen LogP) is 0.509. The number of methoxy groups -OCH3 is 1. The van der Waals surface area contributed by atoms with Crippen LogP contribution < -0.4 is 10.6 Å². The van der Waals surface area contributed by atoms with E-state index in [-0.39, 0.29) is 11.4 Å². The van der Waals surface area contributed by atoms with Crippen molar-refractivity contribution in [3.05, 3.63) is 27.9 Å². The van der Waals surface area contributed by atoms with E-state index in [1.165, 1.54) is 12.1 Å². The summed E-state index contributed by atoms with van der Waals surface area (Å²) < 4.78 is 4.88. The van der Waals surface area contributed by atoms with Crippen molar-refractivity contribution in [1.29, 1.82) is 5.26 Å². The summed E-state index contributed by atoms with van der Waals surface area (Å²) in [5, 5.41) is 25.5. The molecule has 0 amide bonds. The molecule has 8 nitrogen and oxygen atoms in total. The van der Waals surface area contributed by atoms with Crippen LogP contribution >= 0.6 is 0 Å². The fourth-order valence-electron chi connectivity index (χ4n) is 1.36. The molecule has 0 bridgehead atoms. The topological polar surface area (TPSA) is 113 Å². The molecule has 1 rings (SSSR count). The molecule has 0 atom stereocenters. The van der Waals surface area contributed by atoms with Gasteiger partial charge in [-0.05, 0) is 6.07 Å². The number of anilines is 1. The molecule has 0 fully saturated rings. The molecule has 1 aromatic rings. The molecule has 0 aliphatic carbocycles. The Hall–Kier alpha value is -2.24. The minimum Gasteiger partial charge on any atom is -0.383 e. The van der Waals surface area contributed by atoms with E-state index in [2.05, 4.69) is 15.6 Å². The van der Waals surface area contributed by atoms with E-state index in [1.807, 2.05) is 0 Å². The molecule has 0 saturated heterocycles. The Labute approximate surface area is 110 Å². The molecule has 102 valence electrons. The Balaban J connectivity index is 2.47. The molecule has 0 aromatic carbocycles. The van der Waals surface area contributed by atoms with Crippen LogP contribution in [0.3, 0.4) is 0 Å². The van der Waals surface area contributed by atoms with Crippen molar-refractivity contribution in [2.75, 3.05) is 38.7 Å². The van der Waals surface area contributed by atoms with Crippen LogP contribution in [0.5, 0.6) is 0 Å². The second-order valence-electron chi connectivity index (χ2n) is 3.60. The van der Waals surface area contributed by atoms with E-state index in [0.717, 1.165) is 6.54 Å². The van der Waals surface area contributed by atoms with E-state index >= 15 is 0 Å². The maximum Gasteiger partial charge on any atom is 0.305 e. The minimum absolute atomic E-state index is 0.192. The molecule has 0 spiro atoms. The number of nitrogens with zero attached hydrogens (tertiary/aromatic N) is 3. The number of nitriles is 1. The molecule has 0 saturated carbocycles. The van der Waals surface area contributed by atoms with E-state index in [1.54, 1.807) is 13.2 Å². The first kappa shape index (κ1) is 14.8. The van der Waals surface area contributed by atoms with Gasteiger partial charge in [-0.15, -0.1) is 0 Å². The van der Waals surface area contributed by atoms with Crippen molar-refractivity contribution in [3.8, 4) is 6.07 Å². The van der Waals surface area contributed by atoms with Crippen molar-refractivity contribution in [2.45, 2.75) is 0 Å². The van der Waals surface area contributed by atoms with Crippen LogP contribution in [0.25, 0.3) is 0 Å². The highest BCUT2D eigenvalue weighted by atomic mass is 16.6. The first-order chi connectivity index (χ1) is 9.19. The Bertz CT molecular complexity index is 472. The summed E-state index contributed by atoms with van der Waals surface area (Å²) >= 11 is 0. The van der Waals surface area contributed by atoms with Gasteiger partial charge in [-0.2, -0.15) is 5.26 Å². The number of hydrogen-bond acceptors (Lipinski definition) is 7. The van der Waals surface area contributed by atoms with Crippen LogP contribution in [0.2, 0.25) is 0 Å². The molecular weight excluding hydrogens is 250 g/mol. The highest BCUT2D eigenvalue weighted by Gasteiger charge is 2.15. The quantitative estimate of drug-likeness (QED) is 0.400. The summed E-state index contributed by atoms with van der Waals surface area (Å²) in [7, 11) is 1.63. The zero-order valence-electron chi connectivity index (χ0n) is 10.5. The third-order valence-corrected chi connectivity index (χ3v) is 2.27. The van der Waals surface area contributed by atoms with Gasteiger partial charge in [0.1, 0.15) is 11.9 Å². The van der Waals surface area contributed by atoms with Crippen LogP contribution in [0.15, 0.2) is 12.1 Å². The van der Waals surface area contributed by atoms with Gasteiger partial charge in [0.25, 0.3) is 0 Å². The average Bonchev–Trinajstić information content (AvgIpc) is 2.42. The second kappa shape index (κ2) is 7.97. The fourth-order valence-corrected chi connectivity index (χ4v) is 1.36. The van der Waals surface area contributed by atoms with E-state index in [4.69, 9.17) is 10.00 Å². The summed E-state index contributed by atoms with van der Waals surface area (Å²) in [5.41, 5.74) is -0.478. The summed E-state index contributed by atoms with van der Waals surface area (Å²) in [4.78, 5) is 13.9. The third kappa shape index (κ3) is 4.87. The fraction of sp³-hybridized carbons (Fsp3) is 0.455. The molecule has 0 aliphatic rings. The zero-order valence-corrected chi connectivity index (χ0v) is 10.5. The van der Waals surface area contributed by atoms with Crippen LogP contribution in [-0.4, -0.2) is 43.3 Å².